The maximum Gasteiger partial charge on any atom is 0.309 e. The molecule has 1 aliphatic rings. The average molecular weight is 442 g/mol. The SMILES string of the molecule is Cc1ccc(CC(C)C)cc1.O=C(O)C1CN(Cc2ccc(-c3ncon3)c(Cl)c2)C1. The summed E-state index contributed by atoms with van der Waals surface area (Å²) in [6.45, 7) is 8.48. The Hall–Kier alpha value is -2.70. The molecule has 164 valence electrons. The summed E-state index contributed by atoms with van der Waals surface area (Å²) >= 11 is 6.21. The number of aromatic nitrogens is 2. The molecule has 7 heteroatoms. The van der Waals surface area contributed by atoms with Crippen molar-refractivity contribution >= 4 is 17.6 Å². The maximum absolute atomic E-state index is 10.7. The summed E-state index contributed by atoms with van der Waals surface area (Å²) in [5, 5.41) is 13.1. The van der Waals surface area contributed by atoms with Gasteiger partial charge in [-0.2, -0.15) is 4.98 Å². The third-order valence-corrected chi connectivity index (χ3v) is 5.43. The van der Waals surface area contributed by atoms with Crippen molar-refractivity contribution in [2.75, 3.05) is 13.1 Å². The van der Waals surface area contributed by atoms with E-state index in [0.29, 0.717) is 30.5 Å². The number of aliphatic carboxylic acids is 1. The Morgan fingerprint density at radius 1 is 1.19 bits per heavy atom. The number of hydrogen-bond acceptors (Lipinski definition) is 5. The maximum atomic E-state index is 10.7. The van der Waals surface area contributed by atoms with Crippen LogP contribution >= 0.6 is 11.6 Å². The first-order chi connectivity index (χ1) is 14.8. The molecule has 1 aromatic heterocycles. The van der Waals surface area contributed by atoms with E-state index < -0.39 is 5.97 Å². The highest BCUT2D eigenvalue weighted by molar-refractivity contribution is 6.33. The Morgan fingerprint density at radius 2 is 1.87 bits per heavy atom. The van der Waals surface area contributed by atoms with E-state index in [9.17, 15) is 4.79 Å². The molecule has 6 nitrogen and oxygen atoms in total. The molecule has 0 saturated carbocycles. The summed E-state index contributed by atoms with van der Waals surface area (Å²) in [5.74, 6) is 0.241. The monoisotopic (exact) mass is 441 g/mol. The van der Waals surface area contributed by atoms with Crippen molar-refractivity contribution in [2.24, 2.45) is 11.8 Å². The highest BCUT2D eigenvalue weighted by Gasteiger charge is 2.32. The highest BCUT2D eigenvalue weighted by Crippen LogP contribution is 2.27. The third kappa shape index (κ3) is 6.64. The number of carboxylic acids is 1. The number of rotatable bonds is 6. The average Bonchev–Trinajstić information content (AvgIpc) is 3.20. The molecule has 1 aliphatic heterocycles. The van der Waals surface area contributed by atoms with Crippen LogP contribution in [0.3, 0.4) is 0 Å². The minimum atomic E-state index is -0.730. The molecule has 0 amide bonds. The fourth-order valence-electron chi connectivity index (χ4n) is 3.44. The lowest BCUT2D eigenvalue weighted by Gasteiger charge is -2.36. The Morgan fingerprint density at radius 3 is 2.42 bits per heavy atom. The Balaban J connectivity index is 0.000000210. The van der Waals surface area contributed by atoms with Crippen LogP contribution in [-0.2, 0) is 17.8 Å². The zero-order valence-electron chi connectivity index (χ0n) is 18.1. The Labute approximate surface area is 187 Å². The van der Waals surface area contributed by atoms with Crippen LogP contribution in [0, 0.1) is 18.8 Å². The van der Waals surface area contributed by atoms with E-state index in [1.165, 1.54) is 23.9 Å². The number of aryl methyl sites for hydroxylation is 1. The van der Waals surface area contributed by atoms with Gasteiger partial charge in [0.25, 0.3) is 0 Å². The number of nitrogens with zero attached hydrogens (tertiary/aromatic N) is 3. The molecule has 0 radical (unpaired) electrons. The first-order valence-corrected chi connectivity index (χ1v) is 10.8. The molecule has 31 heavy (non-hydrogen) atoms. The lowest BCUT2D eigenvalue weighted by molar-refractivity contribution is -0.147. The summed E-state index contributed by atoms with van der Waals surface area (Å²) in [6, 6.07) is 14.4. The number of carboxylic acid groups (broad SMARTS) is 1. The lowest BCUT2D eigenvalue weighted by atomic mass is 9.99. The van der Waals surface area contributed by atoms with Gasteiger partial charge in [-0.1, -0.05) is 66.5 Å². The molecule has 2 heterocycles. The van der Waals surface area contributed by atoms with E-state index >= 15 is 0 Å². The Kier molecular flexibility index (Phi) is 7.82. The zero-order chi connectivity index (χ0) is 22.4. The van der Waals surface area contributed by atoms with Crippen LogP contribution in [0.4, 0.5) is 0 Å². The molecular formula is C24H28ClN3O3. The number of carbonyl (C=O) groups is 1. The molecule has 0 bridgehead atoms. The van der Waals surface area contributed by atoms with Gasteiger partial charge in [0, 0.05) is 25.2 Å². The van der Waals surface area contributed by atoms with Gasteiger partial charge < -0.3 is 9.63 Å². The molecule has 1 N–H and O–H groups in total. The van der Waals surface area contributed by atoms with Gasteiger partial charge in [-0.15, -0.1) is 0 Å². The van der Waals surface area contributed by atoms with Crippen LogP contribution in [0.2, 0.25) is 5.02 Å². The van der Waals surface area contributed by atoms with E-state index in [4.69, 9.17) is 21.2 Å². The van der Waals surface area contributed by atoms with Crippen LogP contribution in [0.5, 0.6) is 0 Å². The van der Waals surface area contributed by atoms with Crippen molar-refractivity contribution in [3.63, 3.8) is 0 Å². The van der Waals surface area contributed by atoms with E-state index in [2.05, 4.69) is 60.1 Å². The van der Waals surface area contributed by atoms with Gasteiger partial charge in [-0.25, -0.2) is 0 Å². The number of halogens is 1. The summed E-state index contributed by atoms with van der Waals surface area (Å²) in [4.78, 5) is 16.8. The summed E-state index contributed by atoms with van der Waals surface area (Å²) < 4.78 is 4.70. The second-order valence-corrected chi connectivity index (χ2v) is 8.79. The normalized spacial score (nSPS) is 14.1. The molecule has 1 saturated heterocycles. The zero-order valence-corrected chi connectivity index (χ0v) is 18.8. The topological polar surface area (TPSA) is 79.5 Å². The van der Waals surface area contributed by atoms with E-state index in [1.54, 1.807) is 0 Å². The standard InChI is InChI=1S/C13H12ClN3O3.C11H16/c14-11-3-8(4-17-5-9(6-17)13(18)19)1-2-10(11)12-15-7-20-16-12;1-9(2)8-11-6-4-10(3)5-7-11/h1-3,7,9H,4-6H2,(H,18,19);4-7,9H,8H2,1-3H3. The van der Waals surface area contributed by atoms with Crippen molar-refractivity contribution < 1.29 is 14.4 Å². The molecule has 4 rings (SSSR count). The van der Waals surface area contributed by atoms with Gasteiger partial charge in [0.05, 0.1) is 10.9 Å². The van der Waals surface area contributed by atoms with E-state index in [-0.39, 0.29) is 5.92 Å². The molecule has 0 spiro atoms. The van der Waals surface area contributed by atoms with E-state index in [0.717, 1.165) is 17.0 Å². The van der Waals surface area contributed by atoms with Crippen LogP contribution in [0.15, 0.2) is 53.4 Å². The number of benzene rings is 2. The Bertz CT molecular complexity index is 982. The van der Waals surface area contributed by atoms with E-state index in [1.807, 2.05) is 18.2 Å². The van der Waals surface area contributed by atoms with Crippen LogP contribution in [0.25, 0.3) is 11.4 Å². The summed E-state index contributed by atoms with van der Waals surface area (Å²) in [5.41, 5.74) is 4.55. The van der Waals surface area contributed by atoms with Gasteiger partial charge in [0.2, 0.25) is 12.2 Å². The minimum Gasteiger partial charge on any atom is -0.481 e. The first-order valence-electron chi connectivity index (χ1n) is 10.4. The summed E-state index contributed by atoms with van der Waals surface area (Å²) in [7, 11) is 0. The largest absolute Gasteiger partial charge is 0.481 e. The van der Waals surface area contributed by atoms with Gasteiger partial charge >= 0.3 is 5.97 Å². The molecule has 1 fully saturated rings. The van der Waals surface area contributed by atoms with Crippen LogP contribution < -0.4 is 0 Å². The van der Waals surface area contributed by atoms with Crippen molar-refractivity contribution in [3.8, 4) is 11.4 Å². The first kappa shape index (κ1) is 23.0. The summed E-state index contributed by atoms with van der Waals surface area (Å²) in [6.07, 6.45) is 2.45. The molecule has 0 aliphatic carbocycles. The second-order valence-electron chi connectivity index (χ2n) is 8.38. The van der Waals surface area contributed by atoms with Crippen molar-refractivity contribution in [1.82, 2.24) is 15.0 Å². The van der Waals surface area contributed by atoms with Gasteiger partial charge in [0.1, 0.15) is 0 Å². The fourth-order valence-corrected chi connectivity index (χ4v) is 3.72. The van der Waals surface area contributed by atoms with Gasteiger partial charge in [-0.3, -0.25) is 9.69 Å². The van der Waals surface area contributed by atoms with Crippen molar-refractivity contribution in [2.45, 2.75) is 33.7 Å². The highest BCUT2D eigenvalue weighted by atomic mass is 35.5. The molecule has 0 atom stereocenters. The minimum absolute atomic E-state index is 0.246. The third-order valence-electron chi connectivity index (χ3n) is 5.11. The molecule has 0 unspecified atom stereocenters. The van der Waals surface area contributed by atoms with Gasteiger partial charge in [0.15, 0.2) is 0 Å². The van der Waals surface area contributed by atoms with Gasteiger partial charge in [-0.05, 0) is 42.5 Å². The quantitative estimate of drug-likeness (QED) is 0.573. The predicted molar refractivity (Wildman–Crippen MR) is 121 cm³/mol. The number of likely N-dealkylation sites (tertiary alicyclic amines) is 1. The molecular weight excluding hydrogens is 414 g/mol. The van der Waals surface area contributed by atoms with Crippen molar-refractivity contribution in [1.29, 1.82) is 0 Å². The smallest absolute Gasteiger partial charge is 0.309 e. The second kappa shape index (κ2) is 10.6. The van der Waals surface area contributed by atoms with Crippen molar-refractivity contribution in [3.05, 3.63) is 70.6 Å². The van der Waals surface area contributed by atoms with Crippen LogP contribution in [0.1, 0.15) is 30.5 Å². The predicted octanol–water partition coefficient (Wildman–Crippen LogP) is 5.10. The molecule has 2 aromatic carbocycles. The number of hydrogen-bond donors (Lipinski definition) is 1. The molecule has 3 aromatic rings. The fraction of sp³-hybridized carbons (Fsp3) is 0.375. The lowest BCUT2D eigenvalue weighted by Crippen LogP contribution is -2.49. The van der Waals surface area contributed by atoms with Crippen LogP contribution in [-0.4, -0.2) is 39.2 Å².